The minimum atomic E-state index is -4.50. The standard InChI is InChI=1S/C21H23F3N4O/c1-4-17-19(28-13-14(21(22,23)24)7-12-18(28)26-17)20(29)25-15-8-10-16(11-9-15)27(5-2)6-3/h7-13H,4-6H2,1-3H3,(H,25,29). The van der Waals surface area contributed by atoms with Crippen molar-refractivity contribution in [3.63, 3.8) is 0 Å². The first kappa shape index (κ1) is 20.7. The number of nitrogens with one attached hydrogen (secondary N) is 1. The first-order chi connectivity index (χ1) is 13.8. The molecule has 1 amide bonds. The summed E-state index contributed by atoms with van der Waals surface area (Å²) in [5.41, 5.74) is 1.63. The molecule has 1 aromatic carbocycles. The van der Waals surface area contributed by atoms with E-state index in [4.69, 9.17) is 0 Å². The van der Waals surface area contributed by atoms with E-state index in [1.807, 2.05) is 19.1 Å². The van der Waals surface area contributed by atoms with Gasteiger partial charge in [0.1, 0.15) is 11.3 Å². The van der Waals surface area contributed by atoms with E-state index in [1.165, 1.54) is 10.5 Å². The number of hydrogen-bond donors (Lipinski definition) is 1. The summed E-state index contributed by atoms with van der Waals surface area (Å²) >= 11 is 0. The number of hydrogen-bond acceptors (Lipinski definition) is 3. The van der Waals surface area contributed by atoms with Crippen molar-refractivity contribution >= 4 is 22.9 Å². The second-order valence-electron chi connectivity index (χ2n) is 6.58. The quantitative estimate of drug-likeness (QED) is 0.628. The van der Waals surface area contributed by atoms with E-state index >= 15 is 0 Å². The van der Waals surface area contributed by atoms with E-state index in [1.54, 1.807) is 12.1 Å². The van der Waals surface area contributed by atoms with Gasteiger partial charge >= 0.3 is 6.18 Å². The van der Waals surface area contributed by atoms with Gasteiger partial charge < -0.3 is 10.2 Å². The Bertz CT molecular complexity index is 1010. The number of aryl methyl sites for hydroxylation is 1. The molecule has 0 aliphatic rings. The Hall–Kier alpha value is -3.03. The molecule has 1 N–H and O–H groups in total. The van der Waals surface area contributed by atoms with Gasteiger partial charge in [-0.3, -0.25) is 9.20 Å². The lowest BCUT2D eigenvalue weighted by molar-refractivity contribution is -0.137. The zero-order valence-corrected chi connectivity index (χ0v) is 16.5. The van der Waals surface area contributed by atoms with Crippen LogP contribution in [0.25, 0.3) is 5.65 Å². The predicted octanol–water partition coefficient (Wildman–Crippen LogP) is 5.01. The normalized spacial score (nSPS) is 11.7. The van der Waals surface area contributed by atoms with Crippen molar-refractivity contribution in [2.24, 2.45) is 0 Å². The second-order valence-corrected chi connectivity index (χ2v) is 6.58. The highest BCUT2D eigenvalue weighted by Gasteiger charge is 2.31. The number of halogens is 3. The third-order valence-electron chi connectivity index (χ3n) is 4.82. The maximum absolute atomic E-state index is 13.1. The Morgan fingerprint density at radius 1 is 1.07 bits per heavy atom. The Kier molecular flexibility index (Phi) is 5.81. The molecule has 0 saturated heterocycles. The minimum absolute atomic E-state index is 0.112. The molecule has 0 atom stereocenters. The van der Waals surface area contributed by atoms with Crippen LogP contribution in [0.1, 0.15) is 42.5 Å². The van der Waals surface area contributed by atoms with E-state index in [0.717, 1.165) is 31.0 Å². The van der Waals surface area contributed by atoms with Crippen LogP contribution < -0.4 is 10.2 Å². The summed E-state index contributed by atoms with van der Waals surface area (Å²) in [6.07, 6.45) is -3.16. The molecular formula is C21H23F3N4O. The zero-order valence-electron chi connectivity index (χ0n) is 16.5. The van der Waals surface area contributed by atoms with Gasteiger partial charge in [0.15, 0.2) is 0 Å². The van der Waals surface area contributed by atoms with Gasteiger partial charge in [-0.15, -0.1) is 0 Å². The highest BCUT2D eigenvalue weighted by atomic mass is 19.4. The van der Waals surface area contributed by atoms with Crippen molar-refractivity contribution in [1.82, 2.24) is 9.38 Å². The van der Waals surface area contributed by atoms with Crippen LogP contribution in [-0.4, -0.2) is 28.4 Å². The fourth-order valence-corrected chi connectivity index (χ4v) is 3.28. The maximum Gasteiger partial charge on any atom is 0.417 e. The van der Waals surface area contributed by atoms with Gasteiger partial charge in [-0.25, -0.2) is 4.98 Å². The first-order valence-corrected chi connectivity index (χ1v) is 9.53. The lowest BCUT2D eigenvalue weighted by Crippen LogP contribution is -2.21. The molecule has 0 aliphatic heterocycles. The maximum atomic E-state index is 13.1. The molecule has 5 nitrogen and oxygen atoms in total. The summed E-state index contributed by atoms with van der Waals surface area (Å²) in [4.78, 5) is 19.4. The topological polar surface area (TPSA) is 49.6 Å². The molecule has 2 aromatic heterocycles. The molecule has 0 aliphatic carbocycles. The summed E-state index contributed by atoms with van der Waals surface area (Å²) in [6, 6.07) is 9.61. The molecule has 2 heterocycles. The molecule has 0 spiro atoms. The minimum Gasteiger partial charge on any atom is -0.372 e. The van der Waals surface area contributed by atoms with Crippen LogP contribution in [0.5, 0.6) is 0 Å². The van der Waals surface area contributed by atoms with E-state index in [-0.39, 0.29) is 5.69 Å². The fraction of sp³-hybridized carbons (Fsp3) is 0.333. The summed E-state index contributed by atoms with van der Waals surface area (Å²) in [5.74, 6) is -0.496. The molecule has 0 fully saturated rings. The number of imidazole rings is 1. The number of benzene rings is 1. The van der Waals surface area contributed by atoms with Crippen LogP contribution in [0.15, 0.2) is 42.6 Å². The number of nitrogens with zero attached hydrogens (tertiary/aromatic N) is 3. The van der Waals surface area contributed by atoms with Crippen LogP contribution in [0.2, 0.25) is 0 Å². The third kappa shape index (κ3) is 4.21. The SMILES string of the molecule is CCc1nc2ccc(C(F)(F)F)cn2c1C(=O)Nc1ccc(N(CC)CC)cc1. The molecule has 3 aromatic rings. The number of carbonyl (C=O) groups is 1. The molecule has 0 radical (unpaired) electrons. The number of rotatable bonds is 6. The lowest BCUT2D eigenvalue weighted by Gasteiger charge is -2.21. The third-order valence-corrected chi connectivity index (χ3v) is 4.82. The van der Waals surface area contributed by atoms with Crippen LogP contribution >= 0.6 is 0 Å². The van der Waals surface area contributed by atoms with Gasteiger partial charge in [-0.2, -0.15) is 13.2 Å². The number of amides is 1. The van der Waals surface area contributed by atoms with Crippen molar-refractivity contribution < 1.29 is 18.0 Å². The summed E-state index contributed by atoms with van der Waals surface area (Å²) in [5, 5.41) is 2.77. The van der Waals surface area contributed by atoms with Gasteiger partial charge in [0.05, 0.1) is 11.3 Å². The molecular weight excluding hydrogens is 381 g/mol. The van der Waals surface area contributed by atoms with Crippen molar-refractivity contribution in [2.45, 2.75) is 33.4 Å². The van der Waals surface area contributed by atoms with Gasteiger partial charge in [-0.1, -0.05) is 6.92 Å². The summed E-state index contributed by atoms with van der Waals surface area (Å²) < 4.78 is 40.5. The van der Waals surface area contributed by atoms with Gasteiger partial charge in [0.2, 0.25) is 0 Å². The number of pyridine rings is 1. The van der Waals surface area contributed by atoms with Crippen LogP contribution in [0.3, 0.4) is 0 Å². The molecule has 29 heavy (non-hydrogen) atoms. The van der Waals surface area contributed by atoms with Gasteiger partial charge in [0.25, 0.3) is 5.91 Å². The monoisotopic (exact) mass is 404 g/mol. The average Bonchev–Trinajstić information content (AvgIpc) is 3.07. The van der Waals surface area contributed by atoms with Crippen LogP contribution in [0.4, 0.5) is 24.5 Å². The van der Waals surface area contributed by atoms with Crippen LogP contribution in [0, 0.1) is 0 Å². The van der Waals surface area contributed by atoms with Crippen LogP contribution in [-0.2, 0) is 12.6 Å². The average molecular weight is 404 g/mol. The largest absolute Gasteiger partial charge is 0.417 e. The van der Waals surface area contributed by atoms with E-state index in [0.29, 0.717) is 23.4 Å². The van der Waals surface area contributed by atoms with Crippen molar-refractivity contribution in [1.29, 1.82) is 0 Å². The van der Waals surface area contributed by atoms with Crippen molar-refractivity contribution in [2.75, 3.05) is 23.3 Å². The molecule has 154 valence electrons. The Labute approximate surface area is 167 Å². The van der Waals surface area contributed by atoms with Crippen molar-refractivity contribution in [3.05, 3.63) is 59.5 Å². The van der Waals surface area contributed by atoms with Gasteiger partial charge in [0, 0.05) is 30.7 Å². The molecule has 3 rings (SSSR count). The summed E-state index contributed by atoms with van der Waals surface area (Å²) in [7, 11) is 0. The Morgan fingerprint density at radius 2 is 1.72 bits per heavy atom. The second kappa shape index (κ2) is 8.14. The smallest absolute Gasteiger partial charge is 0.372 e. The lowest BCUT2D eigenvalue weighted by atomic mass is 10.2. The van der Waals surface area contributed by atoms with Crippen molar-refractivity contribution in [3.8, 4) is 0 Å². The zero-order chi connectivity index (χ0) is 21.2. The Balaban J connectivity index is 1.94. The molecule has 8 heteroatoms. The first-order valence-electron chi connectivity index (χ1n) is 9.53. The van der Waals surface area contributed by atoms with E-state index in [2.05, 4.69) is 29.0 Å². The highest BCUT2D eigenvalue weighted by Crippen LogP contribution is 2.30. The molecule has 0 bridgehead atoms. The fourth-order valence-electron chi connectivity index (χ4n) is 3.28. The van der Waals surface area contributed by atoms with E-state index < -0.39 is 17.6 Å². The molecule has 0 saturated carbocycles. The summed E-state index contributed by atoms with van der Waals surface area (Å²) in [6.45, 7) is 7.66. The number of anilines is 2. The highest BCUT2D eigenvalue weighted by molar-refractivity contribution is 6.04. The predicted molar refractivity (Wildman–Crippen MR) is 108 cm³/mol. The van der Waals surface area contributed by atoms with Gasteiger partial charge in [-0.05, 0) is 56.7 Å². The van der Waals surface area contributed by atoms with E-state index in [9.17, 15) is 18.0 Å². The number of fused-ring (bicyclic) bond motifs is 1. The number of aromatic nitrogens is 2. The Morgan fingerprint density at radius 3 is 2.28 bits per heavy atom. The number of alkyl halides is 3. The molecule has 0 unspecified atom stereocenters. The number of carbonyl (C=O) groups excluding carboxylic acids is 1.